The van der Waals surface area contributed by atoms with Crippen molar-refractivity contribution in [3.05, 3.63) is 29.8 Å². The number of nitrogens with one attached hydrogen (secondary N) is 1. The van der Waals surface area contributed by atoms with Crippen molar-refractivity contribution in [3.63, 3.8) is 0 Å². The van der Waals surface area contributed by atoms with Crippen LogP contribution in [0.4, 0.5) is 0 Å². The summed E-state index contributed by atoms with van der Waals surface area (Å²) in [5.41, 5.74) is 1.18. The van der Waals surface area contributed by atoms with Crippen molar-refractivity contribution in [3.8, 4) is 5.75 Å². The van der Waals surface area contributed by atoms with Gasteiger partial charge in [0.15, 0.2) is 0 Å². The predicted octanol–water partition coefficient (Wildman–Crippen LogP) is 2.41. The van der Waals surface area contributed by atoms with Crippen molar-refractivity contribution >= 4 is 18.5 Å². The molecular formula is C14H19NO2S. The molecule has 1 amide bonds. The van der Waals surface area contributed by atoms with Gasteiger partial charge in [0.25, 0.3) is 0 Å². The van der Waals surface area contributed by atoms with Gasteiger partial charge in [-0.25, -0.2) is 0 Å². The van der Waals surface area contributed by atoms with Crippen LogP contribution in [0.2, 0.25) is 0 Å². The summed E-state index contributed by atoms with van der Waals surface area (Å²) in [5, 5.41) is 2.95. The number of carbonyl (C=O) groups excluding carboxylic acids is 1. The average Bonchev–Trinajstić information content (AvgIpc) is 3.17. The lowest BCUT2D eigenvalue weighted by Gasteiger charge is -2.13. The monoisotopic (exact) mass is 265 g/mol. The molecule has 1 saturated carbocycles. The lowest BCUT2D eigenvalue weighted by molar-refractivity contribution is -0.122. The van der Waals surface area contributed by atoms with E-state index >= 15 is 0 Å². The number of methoxy groups -OCH3 is 1. The van der Waals surface area contributed by atoms with Gasteiger partial charge in [-0.3, -0.25) is 4.79 Å². The van der Waals surface area contributed by atoms with E-state index in [1.165, 1.54) is 0 Å². The molecule has 3 nitrogen and oxygen atoms in total. The molecule has 0 spiro atoms. The van der Waals surface area contributed by atoms with Crippen LogP contribution in [0.3, 0.4) is 0 Å². The third kappa shape index (κ3) is 3.19. The first-order valence-corrected chi connectivity index (χ1v) is 6.82. The van der Waals surface area contributed by atoms with Crippen molar-refractivity contribution in [2.75, 3.05) is 12.9 Å². The second-order valence-electron chi connectivity index (χ2n) is 4.92. The number of rotatable bonds is 6. The lowest BCUT2D eigenvalue weighted by Crippen LogP contribution is -2.26. The normalized spacial score (nSPS) is 16.1. The molecular weight excluding hydrogens is 246 g/mol. The van der Waals surface area contributed by atoms with Gasteiger partial charge in [-0.05, 0) is 30.1 Å². The first-order chi connectivity index (χ1) is 8.69. The van der Waals surface area contributed by atoms with Crippen LogP contribution in [-0.4, -0.2) is 18.8 Å². The van der Waals surface area contributed by atoms with Crippen LogP contribution in [0.5, 0.6) is 5.75 Å². The molecule has 0 aromatic heterocycles. The minimum Gasteiger partial charge on any atom is -0.496 e. The van der Waals surface area contributed by atoms with E-state index in [1.807, 2.05) is 24.3 Å². The molecule has 1 N–H and O–H groups in total. The van der Waals surface area contributed by atoms with Gasteiger partial charge in [0.2, 0.25) is 5.91 Å². The minimum absolute atomic E-state index is 0.104. The maximum atomic E-state index is 11.8. The summed E-state index contributed by atoms with van der Waals surface area (Å²) in [4.78, 5) is 11.8. The highest BCUT2D eigenvalue weighted by Gasteiger charge is 2.42. The van der Waals surface area contributed by atoms with E-state index < -0.39 is 0 Å². The maximum Gasteiger partial charge on any atom is 0.220 e. The van der Waals surface area contributed by atoms with Gasteiger partial charge in [-0.15, -0.1) is 0 Å². The fourth-order valence-corrected chi connectivity index (χ4v) is 2.44. The van der Waals surface area contributed by atoms with Crippen LogP contribution < -0.4 is 10.1 Å². The smallest absolute Gasteiger partial charge is 0.220 e. The molecule has 1 aliphatic carbocycles. The van der Waals surface area contributed by atoms with Gasteiger partial charge in [-0.1, -0.05) is 18.2 Å². The van der Waals surface area contributed by atoms with E-state index in [0.717, 1.165) is 29.9 Å². The highest BCUT2D eigenvalue weighted by molar-refractivity contribution is 7.80. The number of carbonyl (C=O) groups is 1. The van der Waals surface area contributed by atoms with Gasteiger partial charge in [0.05, 0.1) is 7.11 Å². The number of benzene rings is 1. The van der Waals surface area contributed by atoms with Gasteiger partial charge < -0.3 is 10.1 Å². The highest BCUT2D eigenvalue weighted by Crippen LogP contribution is 2.49. The predicted molar refractivity (Wildman–Crippen MR) is 75.0 cm³/mol. The van der Waals surface area contributed by atoms with Crippen LogP contribution in [0, 0.1) is 5.41 Å². The molecule has 1 aromatic rings. The summed E-state index contributed by atoms with van der Waals surface area (Å²) in [6, 6.07) is 7.73. The van der Waals surface area contributed by atoms with Crippen LogP contribution in [0.25, 0.3) is 0 Å². The van der Waals surface area contributed by atoms with Gasteiger partial charge >= 0.3 is 0 Å². The second kappa shape index (κ2) is 5.65. The molecule has 0 saturated heterocycles. The molecule has 1 aliphatic rings. The quantitative estimate of drug-likeness (QED) is 0.775. The zero-order valence-corrected chi connectivity index (χ0v) is 11.5. The zero-order chi connectivity index (χ0) is 13.0. The molecule has 0 unspecified atom stereocenters. The summed E-state index contributed by atoms with van der Waals surface area (Å²) in [7, 11) is 1.64. The van der Waals surface area contributed by atoms with E-state index in [0.29, 0.717) is 13.0 Å². The molecule has 0 atom stereocenters. The van der Waals surface area contributed by atoms with Gasteiger partial charge in [0, 0.05) is 18.5 Å². The SMILES string of the molecule is COc1ccccc1CNC(=O)CC1(CS)CC1. The molecule has 18 heavy (non-hydrogen) atoms. The van der Waals surface area contributed by atoms with E-state index in [1.54, 1.807) is 7.11 Å². The van der Waals surface area contributed by atoms with Gasteiger partial charge in [0.1, 0.15) is 5.75 Å². The van der Waals surface area contributed by atoms with Crippen LogP contribution >= 0.6 is 12.6 Å². The Morgan fingerprint density at radius 3 is 2.78 bits per heavy atom. The first-order valence-electron chi connectivity index (χ1n) is 6.18. The summed E-state index contributed by atoms with van der Waals surface area (Å²) < 4.78 is 5.25. The van der Waals surface area contributed by atoms with Crippen molar-refractivity contribution in [1.29, 1.82) is 0 Å². The lowest BCUT2D eigenvalue weighted by atomic mass is 10.1. The summed E-state index contributed by atoms with van der Waals surface area (Å²) >= 11 is 4.31. The number of amides is 1. The van der Waals surface area contributed by atoms with E-state index in [2.05, 4.69) is 17.9 Å². The Balaban J connectivity index is 1.85. The second-order valence-corrected chi connectivity index (χ2v) is 5.24. The zero-order valence-electron chi connectivity index (χ0n) is 10.6. The summed E-state index contributed by atoms with van der Waals surface area (Å²) in [5.74, 6) is 1.72. The number of para-hydroxylation sites is 1. The number of hydrogen-bond donors (Lipinski definition) is 2. The Hall–Kier alpha value is -1.16. The van der Waals surface area contributed by atoms with Crippen molar-refractivity contribution < 1.29 is 9.53 Å². The average molecular weight is 265 g/mol. The molecule has 4 heteroatoms. The largest absolute Gasteiger partial charge is 0.496 e. The molecule has 0 bridgehead atoms. The Morgan fingerprint density at radius 2 is 2.17 bits per heavy atom. The Labute approximate surface area is 113 Å². The number of thiol groups is 1. The molecule has 0 aliphatic heterocycles. The van der Waals surface area contributed by atoms with E-state index in [9.17, 15) is 4.79 Å². The van der Waals surface area contributed by atoms with Crippen molar-refractivity contribution in [1.82, 2.24) is 5.32 Å². The van der Waals surface area contributed by atoms with Gasteiger partial charge in [-0.2, -0.15) is 12.6 Å². The Morgan fingerprint density at radius 1 is 1.44 bits per heavy atom. The Kier molecular flexibility index (Phi) is 4.17. The standard InChI is InChI=1S/C14H19NO2S/c1-17-12-5-3-2-4-11(12)9-15-13(16)8-14(10-18)6-7-14/h2-5,18H,6-10H2,1H3,(H,15,16). The van der Waals surface area contributed by atoms with Crippen LogP contribution in [-0.2, 0) is 11.3 Å². The highest BCUT2D eigenvalue weighted by atomic mass is 32.1. The first kappa shape index (κ1) is 13.3. The molecule has 2 rings (SSSR count). The van der Waals surface area contributed by atoms with E-state index in [-0.39, 0.29) is 11.3 Å². The number of hydrogen-bond acceptors (Lipinski definition) is 3. The molecule has 1 fully saturated rings. The molecule has 98 valence electrons. The fraction of sp³-hybridized carbons (Fsp3) is 0.500. The number of ether oxygens (including phenoxy) is 1. The summed E-state index contributed by atoms with van der Waals surface area (Å²) in [6.07, 6.45) is 2.84. The topological polar surface area (TPSA) is 38.3 Å². The van der Waals surface area contributed by atoms with Crippen molar-refractivity contribution in [2.24, 2.45) is 5.41 Å². The molecule has 0 heterocycles. The van der Waals surface area contributed by atoms with Crippen LogP contribution in [0.15, 0.2) is 24.3 Å². The van der Waals surface area contributed by atoms with E-state index in [4.69, 9.17) is 4.74 Å². The minimum atomic E-state index is 0.104. The molecule has 1 aromatic carbocycles. The summed E-state index contributed by atoms with van der Waals surface area (Å²) in [6.45, 7) is 0.519. The third-order valence-electron chi connectivity index (χ3n) is 3.50. The third-order valence-corrected chi connectivity index (χ3v) is 4.17. The van der Waals surface area contributed by atoms with Crippen molar-refractivity contribution in [2.45, 2.75) is 25.8 Å². The Bertz CT molecular complexity index is 430. The van der Waals surface area contributed by atoms with Crippen LogP contribution in [0.1, 0.15) is 24.8 Å². The fourth-order valence-electron chi connectivity index (χ4n) is 2.01. The molecule has 0 radical (unpaired) electrons. The maximum absolute atomic E-state index is 11.8.